The van der Waals surface area contributed by atoms with Crippen LogP contribution in [0.3, 0.4) is 0 Å². The van der Waals surface area contributed by atoms with E-state index in [2.05, 4.69) is 36.3 Å². The number of carbonyl (C=O) groups excluding carboxylic acids is 4. The van der Waals surface area contributed by atoms with E-state index in [0.29, 0.717) is 44.5 Å². The van der Waals surface area contributed by atoms with Crippen LogP contribution in [0, 0.1) is 23.0 Å². The number of nitrogens with one attached hydrogen (secondary N) is 2. The molecule has 13 nitrogen and oxygen atoms in total. The Morgan fingerprint density at radius 2 is 1.82 bits per heavy atom. The largest absolute Gasteiger partial charge is 0.394 e. The summed E-state index contributed by atoms with van der Waals surface area (Å²) in [5, 5.41) is 21.0. The summed E-state index contributed by atoms with van der Waals surface area (Å²) in [4.78, 5) is 53.1. The van der Waals surface area contributed by atoms with Gasteiger partial charge in [0, 0.05) is 62.4 Å². The lowest BCUT2D eigenvalue weighted by Gasteiger charge is -2.50. The highest BCUT2D eigenvalue weighted by molar-refractivity contribution is 6.12. The number of aromatic nitrogens is 2. The molecule has 6 atom stereocenters. The summed E-state index contributed by atoms with van der Waals surface area (Å²) >= 11 is 0. The predicted molar refractivity (Wildman–Crippen MR) is 203 cm³/mol. The highest BCUT2D eigenvalue weighted by atomic mass is 19.1. The minimum atomic E-state index is -0.897. The van der Waals surface area contributed by atoms with Gasteiger partial charge in [-0.1, -0.05) is 51.1 Å². The second-order valence-electron chi connectivity index (χ2n) is 15.9. The van der Waals surface area contributed by atoms with Crippen molar-refractivity contribution >= 4 is 23.6 Å². The van der Waals surface area contributed by atoms with Gasteiger partial charge in [-0.15, -0.1) is 0 Å². The Labute approximate surface area is 325 Å². The Kier molecular flexibility index (Phi) is 12.8. The number of hydrogen-bond donors (Lipinski definition) is 4. The van der Waals surface area contributed by atoms with E-state index < -0.39 is 47.1 Å². The molecule has 2 aromatic carbocycles. The van der Waals surface area contributed by atoms with Crippen LogP contribution in [0.25, 0.3) is 5.69 Å². The quantitative estimate of drug-likeness (QED) is 0.160. The summed E-state index contributed by atoms with van der Waals surface area (Å²) in [5.41, 5.74) is 8.50. The number of nitrogens with zero attached hydrogens (tertiary/aromatic N) is 4. The second-order valence-corrected chi connectivity index (χ2v) is 15.9. The number of benzene rings is 2. The maximum absolute atomic E-state index is 15.1. The Morgan fingerprint density at radius 3 is 2.48 bits per heavy atom. The van der Waals surface area contributed by atoms with Gasteiger partial charge >= 0.3 is 0 Å². The summed E-state index contributed by atoms with van der Waals surface area (Å²) in [6, 6.07) is 11.2. The fourth-order valence-corrected chi connectivity index (χ4v) is 7.91. The monoisotopic (exact) mass is 775 g/mol. The number of amides is 4. The number of ether oxygens (including phenoxy) is 1. The minimum Gasteiger partial charge on any atom is -0.394 e. The molecule has 1 aliphatic carbocycles. The molecule has 56 heavy (non-hydrogen) atoms. The topological polar surface area (TPSA) is 172 Å². The molecular formula is C41H51F2N7O6. The molecule has 6 rings (SSSR count). The summed E-state index contributed by atoms with van der Waals surface area (Å²) in [6.45, 7) is 6.86. The zero-order chi connectivity index (χ0) is 40.1. The molecule has 0 bridgehead atoms. The maximum atomic E-state index is 15.1. The molecule has 300 valence electrons. The third-order valence-corrected chi connectivity index (χ3v) is 10.9. The number of halogens is 2. The van der Waals surface area contributed by atoms with Crippen molar-refractivity contribution in [3.63, 3.8) is 0 Å². The van der Waals surface area contributed by atoms with Crippen LogP contribution in [0.2, 0.25) is 0 Å². The number of imide groups is 1. The van der Waals surface area contributed by atoms with E-state index in [4.69, 9.17) is 15.6 Å². The van der Waals surface area contributed by atoms with Gasteiger partial charge in [0.1, 0.15) is 17.3 Å². The van der Waals surface area contributed by atoms with Crippen molar-refractivity contribution in [2.24, 2.45) is 17.1 Å². The normalized spacial score (nSPS) is 22.0. The molecule has 1 aromatic heterocycles. The summed E-state index contributed by atoms with van der Waals surface area (Å²) < 4.78 is 36.7. The summed E-state index contributed by atoms with van der Waals surface area (Å²) in [7, 11) is 0. The molecule has 0 spiro atoms. The molecule has 3 aliphatic rings. The first-order valence-corrected chi connectivity index (χ1v) is 19.2. The number of rotatable bonds is 16. The van der Waals surface area contributed by atoms with Crippen molar-refractivity contribution in [2.45, 2.75) is 83.1 Å². The average molecular weight is 776 g/mol. The van der Waals surface area contributed by atoms with E-state index in [0.717, 1.165) is 34.2 Å². The van der Waals surface area contributed by atoms with Crippen LogP contribution in [0.15, 0.2) is 66.9 Å². The van der Waals surface area contributed by atoms with E-state index in [-0.39, 0.29) is 61.6 Å². The van der Waals surface area contributed by atoms with Crippen LogP contribution in [0.4, 0.5) is 8.78 Å². The lowest BCUT2D eigenvalue weighted by molar-refractivity contribution is -0.170. The molecule has 3 heterocycles. The SMILES string of the molecule is CC(C)(C)[C@H](c1nn(-c2cc(F)ccc2F)cc1Cc1ccccc1)N(CC[C@H](N)C(=O)N[C@@H]1CC[C@@H](C(=O)NCCN2C(=O)C=CC2=O)C1)C1COC1CO. The number of nitrogens with two attached hydrogens (primary N) is 1. The zero-order valence-corrected chi connectivity index (χ0v) is 32.0. The number of aliphatic hydroxyl groups excluding tert-OH is 1. The maximum Gasteiger partial charge on any atom is 0.253 e. The fraction of sp³-hybridized carbons (Fsp3) is 0.488. The Balaban J connectivity index is 1.16. The highest BCUT2D eigenvalue weighted by Crippen LogP contribution is 2.43. The van der Waals surface area contributed by atoms with Crippen molar-refractivity contribution in [1.82, 2.24) is 30.2 Å². The Hall–Kier alpha value is -4.83. The van der Waals surface area contributed by atoms with Gasteiger partial charge in [0.15, 0.2) is 0 Å². The van der Waals surface area contributed by atoms with Crippen molar-refractivity contribution in [3.05, 3.63) is 95.3 Å². The van der Waals surface area contributed by atoms with E-state index >= 15 is 4.39 Å². The molecule has 4 amide bonds. The molecule has 0 radical (unpaired) electrons. The number of aliphatic hydroxyl groups is 1. The second kappa shape index (κ2) is 17.5. The smallest absolute Gasteiger partial charge is 0.253 e. The third kappa shape index (κ3) is 9.40. The van der Waals surface area contributed by atoms with Crippen LogP contribution in [-0.2, 0) is 30.3 Å². The van der Waals surface area contributed by atoms with Gasteiger partial charge in [0.2, 0.25) is 11.8 Å². The molecular weight excluding hydrogens is 724 g/mol. The van der Waals surface area contributed by atoms with Crippen LogP contribution in [0.1, 0.15) is 69.3 Å². The van der Waals surface area contributed by atoms with E-state index in [1.165, 1.54) is 16.8 Å². The molecule has 5 N–H and O–H groups in total. The van der Waals surface area contributed by atoms with Crippen molar-refractivity contribution in [2.75, 3.05) is 32.8 Å². The molecule has 2 fully saturated rings. The Morgan fingerprint density at radius 1 is 1.09 bits per heavy atom. The van der Waals surface area contributed by atoms with Crippen LogP contribution >= 0.6 is 0 Å². The van der Waals surface area contributed by atoms with Crippen molar-refractivity contribution in [3.8, 4) is 5.69 Å². The molecule has 1 saturated heterocycles. The van der Waals surface area contributed by atoms with Gasteiger partial charge in [-0.2, -0.15) is 5.10 Å². The van der Waals surface area contributed by atoms with Crippen LogP contribution in [0.5, 0.6) is 0 Å². The van der Waals surface area contributed by atoms with Gasteiger partial charge in [-0.05, 0) is 54.4 Å². The average Bonchev–Trinajstić information content (AvgIpc) is 3.86. The third-order valence-electron chi connectivity index (χ3n) is 10.9. The highest BCUT2D eigenvalue weighted by Gasteiger charge is 2.45. The predicted octanol–water partition coefficient (Wildman–Crippen LogP) is 2.93. The molecule has 1 saturated carbocycles. The van der Waals surface area contributed by atoms with Gasteiger partial charge < -0.3 is 26.2 Å². The number of carbonyl (C=O) groups is 4. The first-order chi connectivity index (χ1) is 26.7. The standard InChI is InChI=1S/C41H51F2N7O6/c1-41(2,3)38(37-27(19-25-7-5-4-6-8-25)22-50(47-37)32-21-28(42)10-12-30(32)43)48(33-24-56-34(33)23-51)17-15-31(44)40(55)46-29-11-9-26(20-29)39(54)45-16-18-49-35(52)13-14-36(49)53/h4-8,10,12-14,21-22,26,29,31,33-34,38,51H,9,11,15-20,23-24,44H2,1-3H3,(H,45,54)(H,46,55)/t26-,29-,31+,33?,34?,38+/m1/s1. The summed E-state index contributed by atoms with van der Waals surface area (Å²) in [5.74, 6) is -2.91. The van der Waals surface area contributed by atoms with Gasteiger partial charge in [0.05, 0.1) is 43.1 Å². The first-order valence-electron chi connectivity index (χ1n) is 19.2. The number of hydrogen-bond acceptors (Lipinski definition) is 9. The van der Waals surface area contributed by atoms with Crippen molar-refractivity contribution < 1.29 is 37.8 Å². The molecule has 3 aromatic rings. The molecule has 2 unspecified atom stereocenters. The Bertz CT molecular complexity index is 1910. The van der Waals surface area contributed by atoms with Gasteiger partial charge in [0.25, 0.3) is 11.8 Å². The lowest BCUT2D eigenvalue weighted by atomic mass is 9.80. The van der Waals surface area contributed by atoms with E-state index in [9.17, 15) is 28.7 Å². The molecule has 2 aliphatic heterocycles. The molecule has 15 heteroatoms. The fourth-order valence-electron chi connectivity index (χ4n) is 7.91. The van der Waals surface area contributed by atoms with Crippen LogP contribution < -0.4 is 16.4 Å². The minimum absolute atomic E-state index is 0.0251. The van der Waals surface area contributed by atoms with E-state index in [1.54, 1.807) is 6.20 Å². The zero-order valence-electron chi connectivity index (χ0n) is 32.0. The van der Waals surface area contributed by atoms with Crippen molar-refractivity contribution in [1.29, 1.82) is 0 Å². The van der Waals surface area contributed by atoms with E-state index in [1.807, 2.05) is 30.3 Å². The van der Waals surface area contributed by atoms with Gasteiger partial charge in [-0.25, -0.2) is 13.5 Å². The summed E-state index contributed by atoms with van der Waals surface area (Å²) in [6.07, 6.45) is 5.96. The first kappa shape index (κ1) is 40.8. The lowest BCUT2D eigenvalue weighted by Crippen LogP contribution is -2.60. The van der Waals surface area contributed by atoms with Gasteiger partial charge in [-0.3, -0.25) is 29.0 Å². The van der Waals surface area contributed by atoms with Crippen LogP contribution in [-0.4, -0.2) is 105 Å².